The smallest absolute Gasteiger partial charge is 0.277 e. The molecule has 0 radical (unpaired) electrons. The molecule has 0 N–H and O–H groups in total. The molecule has 16 heavy (non-hydrogen) atoms. The van der Waals surface area contributed by atoms with Crippen molar-refractivity contribution in [3.05, 3.63) is 53.1 Å². The summed E-state index contributed by atoms with van der Waals surface area (Å²) in [6.07, 6.45) is 2.69. The molecule has 0 saturated carbocycles. The van der Waals surface area contributed by atoms with E-state index in [4.69, 9.17) is 4.52 Å². The molecule has 0 spiro atoms. The molecule has 0 aliphatic carbocycles. The zero-order valence-corrected chi connectivity index (χ0v) is 8.20. The number of rotatable bonds is 1. The maximum atomic E-state index is 11.6. The highest BCUT2D eigenvalue weighted by molar-refractivity contribution is 5.57. The molecule has 2 heterocycles. The molecule has 0 aliphatic rings. The van der Waals surface area contributed by atoms with Crippen LogP contribution in [0.5, 0.6) is 0 Å². The molecular formula is C11H7N3O2. The highest BCUT2D eigenvalue weighted by Gasteiger charge is 2.10. The van der Waals surface area contributed by atoms with E-state index in [2.05, 4.69) is 10.1 Å². The summed E-state index contributed by atoms with van der Waals surface area (Å²) >= 11 is 0. The molecule has 5 heteroatoms. The lowest BCUT2D eigenvalue weighted by Gasteiger charge is -1.95. The number of hydrogen-bond donors (Lipinski definition) is 0. The second kappa shape index (κ2) is 3.30. The summed E-state index contributed by atoms with van der Waals surface area (Å²) in [7, 11) is 0. The maximum Gasteiger partial charge on any atom is 0.277 e. The Morgan fingerprint density at radius 2 is 1.94 bits per heavy atom. The van der Waals surface area contributed by atoms with E-state index in [9.17, 15) is 4.79 Å². The summed E-state index contributed by atoms with van der Waals surface area (Å²) in [5.41, 5.74) is 0.915. The molecule has 0 fully saturated rings. The van der Waals surface area contributed by atoms with Crippen LogP contribution in [-0.2, 0) is 0 Å². The molecule has 0 amide bonds. The van der Waals surface area contributed by atoms with E-state index in [1.165, 1.54) is 16.8 Å². The van der Waals surface area contributed by atoms with Gasteiger partial charge in [0.2, 0.25) is 0 Å². The Kier molecular flexibility index (Phi) is 1.83. The molecule has 3 rings (SSSR count). The fraction of sp³-hybridized carbons (Fsp3) is 0. The largest absolute Gasteiger partial charge is 0.334 e. The molecule has 0 aliphatic heterocycles. The fourth-order valence-corrected chi connectivity index (χ4v) is 1.56. The second-order valence-electron chi connectivity index (χ2n) is 3.29. The monoisotopic (exact) mass is 213 g/mol. The van der Waals surface area contributed by atoms with E-state index in [0.717, 1.165) is 5.56 Å². The summed E-state index contributed by atoms with van der Waals surface area (Å²) < 4.78 is 6.43. The molecular weight excluding hydrogens is 206 g/mol. The van der Waals surface area contributed by atoms with Crippen molar-refractivity contribution >= 4 is 5.71 Å². The summed E-state index contributed by atoms with van der Waals surface area (Å²) in [6, 6.07) is 9.38. The summed E-state index contributed by atoms with van der Waals surface area (Å²) in [6.45, 7) is 0. The first-order valence-corrected chi connectivity index (χ1v) is 4.74. The van der Waals surface area contributed by atoms with Gasteiger partial charge in [-0.3, -0.25) is 9.78 Å². The van der Waals surface area contributed by atoms with E-state index in [-0.39, 0.29) is 5.56 Å². The van der Waals surface area contributed by atoms with Crippen LogP contribution in [0.3, 0.4) is 0 Å². The van der Waals surface area contributed by atoms with Crippen LogP contribution in [0.4, 0.5) is 0 Å². The van der Waals surface area contributed by atoms with Gasteiger partial charge in [0.25, 0.3) is 11.3 Å². The van der Waals surface area contributed by atoms with Crippen LogP contribution in [0.25, 0.3) is 17.1 Å². The van der Waals surface area contributed by atoms with Crippen LogP contribution < -0.4 is 5.56 Å². The summed E-state index contributed by atoms with van der Waals surface area (Å²) in [5, 5.41) is 3.87. The van der Waals surface area contributed by atoms with Gasteiger partial charge in [0.15, 0.2) is 5.82 Å². The lowest BCUT2D eigenvalue weighted by Crippen LogP contribution is -2.12. The predicted octanol–water partition coefficient (Wildman–Crippen LogP) is 1.35. The number of hydrogen-bond acceptors (Lipinski definition) is 4. The molecule has 0 saturated heterocycles. The SMILES string of the molecule is O=c1cncc2onc(-c3ccccc3)n12. The van der Waals surface area contributed by atoms with Crippen molar-refractivity contribution in [3.8, 4) is 11.4 Å². The number of benzene rings is 1. The molecule has 78 valence electrons. The molecule has 0 bridgehead atoms. The number of aromatic nitrogens is 3. The van der Waals surface area contributed by atoms with Gasteiger partial charge in [-0.25, -0.2) is 4.40 Å². The van der Waals surface area contributed by atoms with Crippen molar-refractivity contribution in [1.29, 1.82) is 0 Å². The average molecular weight is 213 g/mol. The van der Waals surface area contributed by atoms with E-state index in [0.29, 0.717) is 11.5 Å². The molecule has 0 atom stereocenters. The minimum Gasteiger partial charge on any atom is -0.334 e. The van der Waals surface area contributed by atoms with Crippen molar-refractivity contribution < 1.29 is 4.52 Å². The van der Waals surface area contributed by atoms with E-state index in [1.54, 1.807) is 0 Å². The van der Waals surface area contributed by atoms with E-state index in [1.807, 2.05) is 30.3 Å². The van der Waals surface area contributed by atoms with Crippen LogP contribution in [0, 0.1) is 0 Å². The first kappa shape index (κ1) is 8.84. The van der Waals surface area contributed by atoms with Gasteiger partial charge in [-0.2, -0.15) is 0 Å². The van der Waals surface area contributed by atoms with Gasteiger partial charge >= 0.3 is 0 Å². The molecule has 2 aromatic heterocycles. The van der Waals surface area contributed by atoms with Crippen molar-refractivity contribution in [2.24, 2.45) is 0 Å². The minimum atomic E-state index is -0.252. The zero-order chi connectivity index (χ0) is 11.0. The normalized spacial score (nSPS) is 10.8. The number of fused-ring (bicyclic) bond motifs is 1. The fourth-order valence-electron chi connectivity index (χ4n) is 1.56. The highest BCUT2D eigenvalue weighted by Crippen LogP contribution is 2.16. The molecule has 3 aromatic rings. The third-order valence-electron chi connectivity index (χ3n) is 2.28. The van der Waals surface area contributed by atoms with Crippen LogP contribution in [0.1, 0.15) is 0 Å². The second-order valence-corrected chi connectivity index (χ2v) is 3.29. The first-order valence-electron chi connectivity index (χ1n) is 4.74. The highest BCUT2D eigenvalue weighted by atomic mass is 16.5. The van der Waals surface area contributed by atoms with Gasteiger partial charge in [-0.05, 0) is 0 Å². The number of nitrogens with zero attached hydrogens (tertiary/aromatic N) is 3. The Morgan fingerprint density at radius 1 is 1.12 bits per heavy atom. The van der Waals surface area contributed by atoms with E-state index >= 15 is 0 Å². The topological polar surface area (TPSA) is 60.4 Å². The molecule has 0 unspecified atom stereocenters. The minimum absolute atomic E-state index is 0.252. The van der Waals surface area contributed by atoms with Crippen molar-refractivity contribution in [1.82, 2.24) is 14.5 Å². The maximum absolute atomic E-state index is 11.6. The third-order valence-corrected chi connectivity index (χ3v) is 2.28. The van der Waals surface area contributed by atoms with Crippen LogP contribution >= 0.6 is 0 Å². The van der Waals surface area contributed by atoms with Crippen molar-refractivity contribution in [2.75, 3.05) is 0 Å². The van der Waals surface area contributed by atoms with Gasteiger partial charge in [-0.1, -0.05) is 35.5 Å². The Labute approximate surface area is 90.0 Å². The predicted molar refractivity (Wildman–Crippen MR) is 57.0 cm³/mol. The van der Waals surface area contributed by atoms with Crippen molar-refractivity contribution in [3.63, 3.8) is 0 Å². The Balaban J connectivity index is 2.38. The lowest BCUT2D eigenvalue weighted by atomic mass is 10.2. The van der Waals surface area contributed by atoms with Gasteiger partial charge in [0, 0.05) is 5.56 Å². The first-order chi connectivity index (χ1) is 7.86. The lowest BCUT2D eigenvalue weighted by molar-refractivity contribution is 0.456. The van der Waals surface area contributed by atoms with Crippen molar-refractivity contribution in [2.45, 2.75) is 0 Å². The summed E-state index contributed by atoms with van der Waals surface area (Å²) in [5.74, 6) is 0.489. The van der Waals surface area contributed by atoms with Crippen LogP contribution in [-0.4, -0.2) is 14.5 Å². The van der Waals surface area contributed by atoms with Gasteiger partial charge in [0.1, 0.15) is 0 Å². The molecule has 1 aromatic carbocycles. The zero-order valence-electron chi connectivity index (χ0n) is 8.20. The Hall–Kier alpha value is -2.43. The van der Waals surface area contributed by atoms with E-state index < -0.39 is 0 Å². The van der Waals surface area contributed by atoms with Gasteiger partial charge in [0.05, 0.1) is 12.4 Å². The Morgan fingerprint density at radius 3 is 2.75 bits per heavy atom. The quantitative estimate of drug-likeness (QED) is 0.612. The Bertz CT molecular complexity index is 685. The van der Waals surface area contributed by atoms with Crippen LogP contribution in [0.2, 0.25) is 0 Å². The summed E-state index contributed by atoms with van der Waals surface area (Å²) in [4.78, 5) is 15.4. The van der Waals surface area contributed by atoms with Gasteiger partial charge < -0.3 is 4.52 Å². The average Bonchev–Trinajstić information content (AvgIpc) is 2.75. The third kappa shape index (κ3) is 1.22. The van der Waals surface area contributed by atoms with Crippen LogP contribution in [0.15, 0.2) is 52.0 Å². The standard InChI is InChI=1S/C11H7N3O2/c15-9-6-12-7-10-14(9)11(13-16-10)8-4-2-1-3-5-8/h1-7H. The molecule has 5 nitrogen and oxygen atoms in total. The van der Waals surface area contributed by atoms with Gasteiger partial charge in [-0.15, -0.1) is 0 Å².